The standard InChI is InChI=1S/C25H25N7/c1-3-7-22-27-23-18(4-2)14-15-26-25(23)32(22)16-17-10-12-19(13-11-17)20-8-5-6-9-21(20)24-28-30-31-29-24/h5-6,8-15H,3-4,7,16H2,1-2H3,(H,28,29,30,31). The predicted molar refractivity (Wildman–Crippen MR) is 125 cm³/mol. The first-order valence-corrected chi connectivity index (χ1v) is 11.0. The third-order valence-electron chi connectivity index (χ3n) is 5.77. The van der Waals surface area contributed by atoms with Gasteiger partial charge in [-0.05, 0) is 46.4 Å². The fraction of sp³-hybridized carbons (Fsp3) is 0.240. The van der Waals surface area contributed by atoms with Crippen molar-refractivity contribution >= 4 is 11.2 Å². The van der Waals surface area contributed by atoms with Crippen LogP contribution in [0.1, 0.15) is 37.2 Å². The highest BCUT2D eigenvalue weighted by atomic mass is 15.5. The second-order valence-corrected chi connectivity index (χ2v) is 7.84. The van der Waals surface area contributed by atoms with Crippen LogP contribution in [0.4, 0.5) is 0 Å². The molecule has 0 aliphatic carbocycles. The molecule has 3 heterocycles. The SMILES string of the molecule is CCCc1nc2c(CC)ccnc2n1Cc1ccc(-c2ccccc2-c2nn[nH]n2)cc1. The number of hydrogen-bond donors (Lipinski definition) is 1. The van der Waals surface area contributed by atoms with Gasteiger partial charge in [0.2, 0.25) is 5.82 Å². The molecule has 0 fully saturated rings. The maximum Gasteiger partial charge on any atom is 0.205 e. The van der Waals surface area contributed by atoms with E-state index in [-0.39, 0.29) is 0 Å². The normalized spacial score (nSPS) is 11.3. The Morgan fingerprint density at radius 2 is 1.75 bits per heavy atom. The lowest BCUT2D eigenvalue weighted by molar-refractivity contribution is 0.717. The van der Waals surface area contributed by atoms with Crippen LogP contribution in [0, 0.1) is 0 Å². The molecule has 0 saturated heterocycles. The van der Waals surface area contributed by atoms with Crippen molar-refractivity contribution in [2.75, 3.05) is 0 Å². The summed E-state index contributed by atoms with van der Waals surface area (Å²) in [4.78, 5) is 9.62. The van der Waals surface area contributed by atoms with Gasteiger partial charge in [0.05, 0.1) is 6.54 Å². The molecular weight excluding hydrogens is 398 g/mol. The average Bonchev–Trinajstić information content (AvgIpc) is 3.49. The van der Waals surface area contributed by atoms with Gasteiger partial charge in [-0.1, -0.05) is 62.4 Å². The van der Waals surface area contributed by atoms with Gasteiger partial charge in [-0.2, -0.15) is 5.21 Å². The number of aromatic nitrogens is 7. The lowest BCUT2D eigenvalue weighted by Crippen LogP contribution is -2.06. The van der Waals surface area contributed by atoms with Crippen LogP contribution in [0.5, 0.6) is 0 Å². The summed E-state index contributed by atoms with van der Waals surface area (Å²) in [6.07, 6.45) is 4.84. The number of benzene rings is 2. The maximum absolute atomic E-state index is 4.95. The Labute approximate surface area is 186 Å². The number of tetrazole rings is 1. The number of rotatable bonds is 7. The van der Waals surface area contributed by atoms with Crippen molar-refractivity contribution in [1.29, 1.82) is 0 Å². The van der Waals surface area contributed by atoms with Gasteiger partial charge in [-0.3, -0.25) is 0 Å². The molecule has 7 heteroatoms. The van der Waals surface area contributed by atoms with E-state index in [1.54, 1.807) is 0 Å². The van der Waals surface area contributed by atoms with Gasteiger partial charge in [-0.25, -0.2) is 9.97 Å². The summed E-state index contributed by atoms with van der Waals surface area (Å²) >= 11 is 0. The van der Waals surface area contributed by atoms with E-state index in [1.807, 2.05) is 24.4 Å². The quantitative estimate of drug-likeness (QED) is 0.405. The number of aromatic amines is 1. The summed E-state index contributed by atoms with van der Waals surface area (Å²) in [5.41, 5.74) is 7.62. The molecule has 0 aliphatic heterocycles. The summed E-state index contributed by atoms with van der Waals surface area (Å²) in [7, 11) is 0. The summed E-state index contributed by atoms with van der Waals surface area (Å²) in [6, 6.07) is 18.8. The molecule has 0 saturated carbocycles. The fourth-order valence-corrected chi connectivity index (χ4v) is 4.16. The minimum absolute atomic E-state index is 0.594. The molecule has 5 rings (SSSR count). The molecule has 2 aromatic carbocycles. The Balaban J connectivity index is 1.49. The number of H-pyrrole nitrogens is 1. The number of nitrogens with zero attached hydrogens (tertiary/aromatic N) is 6. The second-order valence-electron chi connectivity index (χ2n) is 7.84. The lowest BCUT2D eigenvalue weighted by atomic mass is 9.98. The summed E-state index contributed by atoms with van der Waals surface area (Å²) in [5, 5.41) is 14.5. The number of pyridine rings is 1. The summed E-state index contributed by atoms with van der Waals surface area (Å²) in [6.45, 7) is 5.10. The third-order valence-corrected chi connectivity index (χ3v) is 5.77. The Hall–Kier alpha value is -3.87. The second kappa shape index (κ2) is 8.70. The van der Waals surface area contributed by atoms with Crippen molar-refractivity contribution in [2.45, 2.75) is 39.7 Å². The molecule has 0 aliphatic rings. The lowest BCUT2D eigenvalue weighted by Gasteiger charge is -2.11. The van der Waals surface area contributed by atoms with E-state index in [0.29, 0.717) is 5.82 Å². The van der Waals surface area contributed by atoms with E-state index >= 15 is 0 Å². The number of nitrogens with one attached hydrogen (secondary N) is 1. The zero-order valence-corrected chi connectivity index (χ0v) is 18.3. The Morgan fingerprint density at radius 1 is 0.938 bits per heavy atom. The van der Waals surface area contributed by atoms with Gasteiger partial charge in [0.1, 0.15) is 11.3 Å². The first-order chi connectivity index (χ1) is 15.8. The molecule has 5 aromatic rings. The Kier molecular flexibility index (Phi) is 5.46. The molecular formula is C25H25N7. The Morgan fingerprint density at radius 3 is 2.47 bits per heavy atom. The van der Waals surface area contributed by atoms with Crippen molar-refractivity contribution in [3.05, 3.63) is 77.7 Å². The molecule has 3 aromatic heterocycles. The van der Waals surface area contributed by atoms with Crippen LogP contribution in [-0.2, 0) is 19.4 Å². The van der Waals surface area contributed by atoms with Crippen molar-refractivity contribution in [2.24, 2.45) is 0 Å². The smallest absolute Gasteiger partial charge is 0.205 e. The highest BCUT2D eigenvalue weighted by Gasteiger charge is 2.15. The predicted octanol–water partition coefficient (Wildman–Crippen LogP) is 4.84. The highest BCUT2D eigenvalue weighted by Crippen LogP contribution is 2.30. The van der Waals surface area contributed by atoms with E-state index in [9.17, 15) is 0 Å². The van der Waals surface area contributed by atoms with Crippen LogP contribution in [0.3, 0.4) is 0 Å². The zero-order chi connectivity index (χ0) is 21.9. The minimum atomic E-state index is 0.594. The largest absolute Gasteiger partial charge is 0.308 e. The zero-order valence-electron chi connectivity index (χ0n) is 18.3. The van der Waals surface area contributed by atoms with E-state index in [2.05, 4.69) is 80.4 Å². The molecule has 0 bridgehead atoms. The van der Waals surface area contributed by atoms with Crippen LogP contribution < -0.4 is 0 Å². The fourth-order valence-electron chi connectivity index (χ4n) is 4.16. The van der Waals surface area contributed by atoms with Crippen LogP contribution in [0.2, 0.25) is 0 Å². The number of hydrogen-bond acceptors (Lipinski definition) is 5. The van der Waals surface area contributed by atoms with Gasteiger partial charge in [0.15, 0.2) is 5.65 Å². The average molecular weight is 424 g/mol. The number of fused-ring (bicyclic) bond motifs is 1. The molecule has 0 radical (unpaired) electrons. The van der Waals surface area contributed by atoms with E-state index < -0.39 is 0 Å². The van der Waals surface area contributed by atoms with Crippen molar-refractivity contribution in [3.8, 4) is 22.5 Å². The summed E-state index contributed by atoms with van der Waals surface area (Å²) < 4.78 is 2.26. The summed E-state index contributed by atoms with van der Waals surface area (Å²) in [5.74, 6) is 1.69. The third kappa shape index (κ3) is 3.66. The van der Waals surface area contributed by atoms with Gasteiger partial charge < -0.3 is 4.57 Å². The molecule has 0 unspecified atom stereocenters. The molecule has 7 nitrogen and oxygen atoms in total. The number of aryl methyl sites for hydroxylation is 2. The molecule has 32 heavy (non-hydrogen) atoms. The minimum Gasteiger partial charge on any atom is -0.308 e. The Bertz CT molecular complexity index is 1340. The van der Waals surface area contributed by atoms with E-state index in [1.165, 1.54) is 11.1 Å². The first kappa shape index (κ1) is 20.1. The van der Waals surface area contributed by atoms with Gasteiger partial charge in [-0.15, -0.1) is 10.2 Å². The number of imidazole rings is 1. The maximum atomic E-state index is 4.95. The first-order valence-electron chi connectivity index (χ1n) is 11.0. The van der Waals surface area contributed by atoms with Crippen LogP contribution in [0.15, 0.2) is 60.8 Å². The highest BCUT2D eigenvalue weighted by molar-refractivity contribution is 5.80. The van der Waals surface area contributed by atoms with Gasteiger partial charge in [0, 0.05) is 18.2 Å². The molecule has 0 amide bonds. The van der Waals surface area contributed by atoms with Crippen molar-refractivity contribution < 1.29 is 0 Å². The molecule has 160 valence electrons. The van der Waals surface area contributed by atoms with E-state index in [4.69, 9.17) is 4.98 Å². The van der Waals surface area contributed by atoms with Gasteiger partial charge in [0.25, 0.3) is 0 Å². The molecule has 0 atom stereocenters. The van der Waals surface area contributed by atoms with E-state index in [0.717, 1.165) is 59.5 Å². The van der Waals surface area contributed by atoms with Crippen LogP contribution in [-0.4, -0.2) is 35.2 Å². The molecule has 0 spiro atoms. The van der Waals surface area contributed by atoms with Crippen LogP contribution in [0.25, 0.3) is 33.7 Å². The topological polar surface area (TPSA) is 85.2 Å². The van der Waals surface area contributed by atoms with Crippen LogP contribution >= 0.6 is 0 Å². The molecule has 1 N–H and O–H groups in total. The van der Waals surface area contributed by atoms with Crippen molar-refractivity contribution in [1.82, 2.24) is 35.2 Å². The van der Waals surface area contributed by atoms with Gasteiger partial charge >= 0.3 is 0 Å². The monoisotopic (exact) mass is 423 g/mol. The van der Waals surface area contributed by atoms with Crippen molar-refractivity contribution in [3.63, 3.8) is 0 Å².